The number of hydrogen-bond acceptors (Lipinski definition) is 8. The Kier molecular flexibility index (Phi) is 3.75. The van der Waals surface area contributed by atoms with Gasteiger partial charge in [0, 0.05) is 48.1 Å². The second-order valence-electron chi connectivity index (χ2n) is 9.17. The quantitative estimate of drug-likeness (QED) is 0.448. The van der Waals surface area contributed by atoms with Crippen LogP contribution in [0.1, 0.15) is 37.8 Å². The van der Waals surface area contributed by atoms with Gasteiger partial charge in [-0.1, -0.05) is 13.8 Å². The number of nitrogens with zero attached hydrogens (tertiary/aromatic N) is 3. The van der Waals surface area contributed by atoms with E-state index in [0.29, 0.717) is 17.8 Å². The van der Waals surface area contributed by atoms with Gasteiger partial charge in [0.1, 0.15) is 11.2 Å². The maximum absolute atomic E-state index is 13.9. The van der Waals surface area contributed by atoms with Gasteiger partial charge in [0.2, 0.25) is 11.9 Å². The van der Waals surface area contributed by atoms with Gasteiger partial charge in [-0.25, -0.2) is 0 Å². The number of carbonyl (C=O) groups excluding carboxylic acids is 2. The molecular formula is C21H20N6O5. The van der Waals surface area contributed by atoms with E-state index in [2.05, 4.69) is 15.3 Å². The number of aromatic nitrogens is 2. The maximum atomic E-state index is 13.9. The number of nitrogen functional groups attached to an aromatic ring is 1. The normalized spacial score (nSPS) is 23.0. The van der Waals surface area contributed by atoms with Crippen molar-refractivity contribution in [3.8, 4) is 0 Å². The minimum Gasteiger partial charge on any atom is -0.369 e. The fourth-order valence-electron chi connectivity index (χ4n) is 5.25. The zero-order chi connectivity index (χ0) is 23.2. The molecule has 164 valence electrons. The van der Waals surface area contributed by atoms with E-state index in [4.69, 9.17) is 5.73 Å². The molecule has 1 aromatic heterocycles. The number of Topliss-reactive ketones (excluding diaryl/α,β-unsaturated/α-hetero) is 1. The van der Waals surface area contributed by atoms with E-state index in [-0.39, 0.29) is 46.4 Å². The number of non-ortho nitro benzene ring substituents is 1. The van der Waals surface area contributed by atoms with E-state index < -0.39 is 27.2 Å². The predicted octanol–water partition coefficient (Wildman–Crippen LogP) is 1.59. The summed E-state index contributed by atoms with van der Waals surface area (Å²) in [6.07, 6.45) is 0.580. The highest BCUT2D eigenvalue weighted by Gasteiger charge is 2.62. The van der Waals surface area contributed by atoms with Gasteiger partial charge >= 0.3 is 0 Å². The monoisotopic (exact) mass is 436 g/mol. The minimum absolute atomic E-state index is 0.0663. The first-order valence-electron chi connectivity index (χ1n) is 9.98. The predicted molar refractivity (Wildman–Crippen MR) is 115 cm³/mol. The van der Waals surface area contributed by atoms with Crippen LogP contribution in [0.2, 0.25) is 0 Å². The molecule has 1 unspecified atom stereocenters. The third kappa shape index (κ3) is 2.35. The number of nitrogens with two attached hydrogens (primary N) is 1. The van der Waals surface area contributed by atoms with E-state index in [9.17, 15) is 24.5 Å². The summed E-state index contributed by atoms with van der Waals surface area (Å²) in [7, 11) is 1.51. The van der Waals surface area contributed by atoms with Crippen LogP contribution in [0.15, 0.2) is 34.3 Å². The smallest absolute Gasteiger partial charge is 0.269 e. The highest BCUT2D eigenvalue weighted by atomic mass is 16.6. The zero-order valence-electron chi connectivity index (χ0n) is 17.6. The fourth-order valence-corrected chi connectivity index (χ4v) is 5.25. The van der Waals surface area contributed by atoms with Gasteiger partial charge in [-0.15, -0.1) is 0 Å². The molecule has 1 atom stereocenters. The van der Waals surface area contributed by atoms with E-state index in [1.165, 1.54) is 30.1 Å². The van der Waals surface area contributed by atoms with Crippen molar-refractivity contribution in [2.24, 2.45) is 5.41 Å². The highest BCUT2D eigenvalue weighted by Crippen LogP contribution is 2.57. The summed E-state index contributed by atoms with van der Waals surface area (Å²) < 4.78 is 0. The van der Waals surface area contributed by atoms with Crippen LogP contribution in [0.5, 0.6) is 0 Å². The number of allylic oxidation sites excluding steroid dienone is 1. The molecule has 2 aliphatic heterocycles. The maximum Gasteiger partial charge on any atom is 0.269 e. The summed E-state index contributed by atoms with van der Waals surface area (Å²) >= 11 is 0. The Morgan fingerprint density at radius 3 is 2.62 bits per heavy atom. The fraction of sp³-hybridized carbons (Fsp3) is 0.333. The molecule has 0 fully saturated rings. The molecule has 11 heteroatoms. The molecule has 1 amide bonds. The van der Waals surface area contributed by atoms with Crippen LogP contribution in [0.25, 0.3) is 0 Å². The highest BCUT2D eigenvalue weighted by molar-refractivity contribution is 6.20. The molecule has 1 aliphatic carbocycles. The first kappa shape index (κ1) is 19.9. The SMILES string of the molecule is CN1C(=O)C2(C3=C(CC(C)(C)CC3=O)Nc3nc(N)[nH]c(=O)c32)c2cc([N+](=O)[O-])ccc21. The van der Waals surface area contributed by atoms with Crippen LogP contribution >= 0.6 is 0 Å². The number of rotatable bonds is 1. The Balaban J connectivity index is 1.97. The summed E-state index contributed by atoms with van der Waals surface area (Å²) in [5.41, 5.74) is 3.68. The third-order valence-electron chi connectivity index (χ3n) is 6.41. The van der Waals surface area contributed by atoms with E-state index in [1.54, 1.807) is 0 Å². The van der Waals surface area contributed by atoms with Gasteiger partial charge in [0.25, 0.3) is 11.2 Å². The Labute approximate surface area is 181 Å². The number of aromatic amines is 1. The lowest BCUT2D eigenvalue weighted by molar-refractivity contribution is -0.384. The number of carbonyl (C=O) groups is 2. The van der Waals surface area contributed by atoms with Crippen molar-refractivity contribution in [3.05, 3.63) is 61.1 Å². The van der Waals surface area contributed by atoms with Crippen LogP contribution in [-0.2, 0) is 15.0 Å². The number of fused-ring (bicyclic) bond motifs is 5. The number of ketones is 1. The standard InChI is InChI=1S/C21H20N6O5/c1-20(2)7-11-14(13(28)8-20)21(15-16(23-11)24-19(22)25-17(15)29)10-6-9(27(31)32)4-5-12(10)26(3)18(21)30/h4-6H,7-8H2,1-3H3,(H4,22,23,24,25,29). The number of hydrogen-bond donors (Lipinski definition) is 3. The Morgan fingerprint density at radius 2 is 1.94 bits per heavy atom. The number of nitrogens with one attached hydrogen (secondary N) is 2. The van der Waals surface area contributed by atoms with Gasteiger partial charge in [-0.2, -0.15) is 4.98 Å². The molecule has 1 aromatic carbocycles. The molecule has 1 spiro atoms. The van der Waals surface area contributed by atoms with Crippen molar-refractivity contribution in [1.82, 2.24) is 9.97 Å². The second-order valence-corrected chi connectivity index (χ2v) is 9.17. The van der Waals surface area contributed by atoms with Crippen LogP contribution in [-0.4, -0.2) is 33.6 Å². The molecular weight excluding hydrogens is 416 g/mol. The molecule has 5 rings (SSSR count). The topological polar surface area (TPSA) is 164 Å². The molecule has 2 aromatic rings. The summed E-state index contributed by atoms with van der Waals surface area (Å²) in [5, 5.41) is 14.6. The van der Waals surface area contributed by atoms with Crippen molar-refractivity contribution < 1.29 is 14.5 Å². The summed E-state index contributed by atoms with van der Waals surface area (Å²) in [5.74, 6) is -0.934. The second kappa shape index (κ2) is 6.02. The lowest BCUT2D eigenvalue weighted by atomic mass is 9.61. The lowest BCUT2D eigenvalue weighted by Crippen LogP contribution is -2.52. The molecule has 0 saturated heterocycles. The Morgan fingerprint density at radius 1 is 1.22 bits per heavy atom. The van der Waals surface area contributed by atoms with Crippen LogP contribution in [0.4, 0.5) is 23.1 Å². The third-order valence-corrected chi connectivity index (χ3v) is 6.41. The molecule has 3 aliphatic rings. The minimum atomic E-state index is -1.85. The van der Waals surface area contributed by atoms with Crippen LogP contribution < -0.4 is 21.5 Å². The molecule has 0 bridgehead atoms. The molecule has 4 N–H and O–H groups in total. The molecule has 3 heterocycles. The van der Waals surface area contributed by atoms with Crippen molar-refractivity contribution in [2.75, 3.05) is 23.0 Å². The van der Waals surface area contributed by atoms with Crippen molar-refractivity contribution in [3.63, 3.8) is 0 Å². The van der Waals surface area contributed by atoms with Gasteiger partial charge in [-0.3, -0.25) is 29.5 Å². The first-order chi connectivity index (χ1) is 15.0. The number of nitro groups is 1. The van der Waals surface area contributed by atoms with Crippen molar-refractivity contribution in [2.45, 2.75) is 32.1 Å². The molecule has 11 nitrogen and oxygen atoms in total. The molecule has 0 radical (unpaired) electrons. The zero-order valence-corrected chi connectivity index (χ0v) is 17.6. The van der Waals surface area contributed by atoms with Crippen LogP contribution in [0, 0.1) is 15.5 Å². The number of benzene rings is 1. The van der Waals surface area contributed by atoms with E-state index in [1.807, 2.05) is 13.8 Å². The average molecular weight is 436 g/mol. The molecule has 0 saturated carbocycles. The average Bonchev–Trinajstić information content (AvgIpc) is 2.88. The number of anilines is 3. The summed E-state index contributed by atoms with van der Waals surface area (Å²) in [6.45, 7) is 3.86. The van der Waals surface area contributed by atoms with E-state index in [0.717, 1.165) is 0 Å². The van der Waals surface area contributed by atoms with Gasteiger partial charge in [0.15, 0.2) is 5.78 Å². The van der Waals surface area contributed by atoms with Gasteiger partial charge < -0.3 is 16.0 Å². The number of likely N-dealkylation sites (N-methyl/N-ethyl adjacent to an activating group) is 1. The number of amides is 1. The van der Waals surface area contributed by atoms with Crippen molar-refractivity contribution in [1.29, 1.82) is 0 Å². The van der Waals surface area contributed by atoms with Gasteiger partial charge in [-0.05, 0) is 17.9 Å². The van der Waals surface area contributed by atoms with Crippen molar-refractivity contribution >= 4 is 34.8 Å². The summed E-state index contributed by atoms with van der Waals surface area (Å²) in [4.78, 5) is 59.5. The lowest BCUT2D eigenvalue weighted by Gasteiger charge is -2.42. The Bertz CT molecular complexity index is 1360. The van der Waals surface area contributed by atoms with E-state index >= 15 is 0 Å². The molecule has 32 heavy (non-hydrogen) atoms. The largest absolute Gasteiger partial charge is 0.369 e. The first-order valence-corrected chi connectivity index (χ1v) is 9.98. The number of nitro benzene ring substituents is 1. The van der Waals surface area contributed by atoms with Gasteiger partial charge in [0.05, 0.1) is 10.5 Å². The number of H-pyrrole nitrogens is 1. The Hall–Kier alpha value is -4.02. The summed E-state index contributed by atoms with van der Waals surface area (Å²) in [6, 6.07) is 4.01. The van der Waals surface area contributed by atoms with Crippen LogP contribution in [0.3, 0.4) is 0 Å².